The van der Waals surface area contributed by atoms with E-state index >= 15 is 0 Å². The first-order valence-electron chi connectivity index (χ1n) is 7.90. The molecule has 1 fully saturated rings. The molecule has 1 N–H and O–H groups in total. The van der Waals surface area contributed by atoms with Gasteiger partial charge in [0.15, 0.2) is 0 Å². The molecule has 1 aliphatic rings. The Morgan fingerprint density at radius 2 is 1.95 bits per heavy atom. The summed E-state index contributed by atoms with van der Waals surface area (Å²) >= 11 is 0. The molecule has 1 atom stereocenters. The fraction of sp³-hybridized carbons (Fsp3) is 0.588. The molecule has 21 heavy (non-hydrogen) atoms. The van der Waals surface area contributed by atoms with Gasteiger partial charge in [-0.15, -0.1) is 0 Å². The number of carbonyl (C=O) groups is 1. The molecule has 1 amide bonds. The summed E-state index contributed by atoms with van der Waals surface area (Å²) in [6, 6.07) is 8.37. The summed E-state index contributed by atoms with van der Waals surface area (Å²) < 4.78 is 0. The number of nitrogens with one attached hydrogen (secondary N) is 1. The Morgan fingerprint density at radius 3 is 2.57 bits per heavy atom. The summed E-state index contributed by atoms with van der Waals surface area (Å²) in [5.74, 6) is 0.0506. The van der Waals surface area contributed by atoms with Crippen molar-refractivity contribution in [3.8, 4) is 0 Å². The van der Waals surface area contributed by atoms with E-state index in [0.717, 1.165) is 17.8 Å². The molecule has 0 bridgehead atoms. The van der Waals surface area contributed by atoms with Gasteiger partial charge in [-0.25, -0.2) is 0 Å². The monoisotopic (exact) mass is 289 g/mol. The highest BCUT2D eigenvalue weighted by Gasteiger charge is 2.16. The number of benzene rings is 1. The molecule has 1 aliphatic heterocycles. The van der Waals surface area contributed by atoms with Crippen molar-refractivity contribution in [2.24, 2.45) is 0 Å². The normalized spacial score (nSPS) is 19.9. The van der Waals surface area contributed by atoms with Gasteiger partial charge < -0.3 is 15.1 Å². The molecule has 0 radical (unpaired) electrons. The molecule has 0 aliphatic carbocycles. The maximum Gasteiger partial charge on any atom is 0.253 e. The van der Waals surface area contributed by atoms with Gasteiger partial charge in [-0.1, -0.05) is 6.92 Å². The van der Waals surface area contributed by atoms with Crippen LogP contribution in [0.25, 0.3) is 0 Å². The van der Waals surface area contributed by atoms with Crippen LogP contribution in [-0.2, 0) is 0 Å². The molecule has 2 rings (SSSR count). The lowest BCUT2D eigenvalue weighted by atomic mass is 10.1. The van der Waals surface area contributed by atoms with E-state index in [1.165, 1.54) is 32.4 Å². The molecule has 4 nitrogen and oxygen atoms in total. The van der Waals surface area contributed by atoms with Gasteiger partial charge in [0.2, 0.25) is 0 Å². The van der Waals surface area contributed by atoms with Crippen molar-refractivity contribution in [2.75, 3.05) is 39.0 Å². The molecule has 0 aromatic heterocycles. The minimum Gasteiger partial charge on any atom is -0.382 e. The average molecular weight is 289 g/mol. The van der Waals surface area contributed by atoms with Gasteiger partial charge in [-0.2, -0.15) is 0 Å². The summed E-state index contributed by atoms with van der Waals surface area (Å²) in [7, 11) is 3.55. The summed E-state index contributed by atoms with van der Waals surface area (Å²) in [5.41, 5.74) is 1.85. The van der Waals surface area contributed by atoms with Crippen molar-refractivity contribution in [2.45, 2.75) is 32.2 Å². The molecular formula is C17H27N3O. The van der Waals surface area contributed by atoms with Crippen LogP contribution in [0.5, 0.6) is 0 Å². The van der Waals surface area contributed by atoms with Crippen molar-refractivity contribution < 1.29 is 4.79 Å². The maximum atomic E-state index is 11.9. The molecule has 1 aromatic rings. The van der Waals surface area contributed by atoms with Gasteiger partial charge >= 0.3 is 0 Å². The second-order valence-corrected chi connectivity index (χ2v) is 5.98. The van der Waals surface area contributed by atoms with Gasteiger partial charge in [0.1, 0.15) is 0 Å². The summed E-state index contributed by atoms with van der Waals surface area (Å²) in [6.45, 7) is 5.76. The second kappa shape index (κ2) is 7.46. The van der Waals surface area contributed by atoms with E-state index in [1.54, 1.807) is 19.0 Å². The van der Waals surface area contributed by atoms with Gasteiger partial charge in [0, 0.05) is 37.9 Å². The Labute approximate surface area is 128 Å². The lowest BCUT2D eigenvalue weighted by Gasteiger charge is -2.19. The predicted octanol–water partition coefficient (Wildman–Crippen LogP) is 2.67. The number of likely N-dealkylation sites (tertiary alicyclic amines) is 1. The van der Waals surface area contributed by atoms with Crippen LogP contribution in [0.1, 0.15) is 36.5 Å². The Kier molecular flexibility index (Phi) is 5.62. The third-order valence-corrected chi connectivity index (χ3v) is 4.18. The SMILES string of the molecule is CCN1CCCC(Nc2ccc(C(=O)N(C)C)cc2)CC1. The third-order valence-electron chi connectivity index (χ3n) is 4.18. The van der Waals surface area contributed by atoms with Crippen molar-refractivity contribution >= 4 is 11.6 Å². The zero-order valence-electron chi connectivity index (χ0n) is 13.4. The van der Waals surface area contributed by atoms with Crippen LogP contribution in [0, 0.1) is 0 Å². The molecular weight excluding hydrogens is 262 g/mol. The molecule has 4 heteroatoms. The Bertz CT molecular complexity index is 456. The van der Waals surface area contributed by atoms with Crippen LogP contribution in [0.3, 0.4) is 0 Å². The van der Waals surface area contributed by atoms with Gasteiger partial charge in [-0.05, 0) is 56.6 Å². The van der Waals surface area contributed by atoms with E-state index in [-0.39, 0.29) is 5.91 Å². The van der Waals surface area contributed by atoms with Crippen molar-refractivity contribution in [1.82, 2.24) is 9.80 Å². The Morgan fingerprint density at radius 1 is 1.24 bits per heavy atom. The molecule has 0 spiro atoms. The fourth-order valence-electron chi connectivity index (χ4n) is 2.82. The summed E-state index contributed by atoms with van der Waals surface area (Å²) in [5, 5.41) is 3.61. The van der Waals surface area contributed by atoms with Crippen LogP contribution >= 0.6 is 0 Å². The largest absolute Gasteiger partial charge is 0.382 e. The molecule has 1 aromatic carbocycles. The highest BCUT2D eigenvalue weighted by molar-refractivity contribution is 5.94. The van der Waals surface area contributed by atoms with Crippen molar-refractivity contribution in [1.29, 1.82) is 0 Å². The molecule has 1 heterocycles. The Balaban J connectivity index is 1.92. The lowest BCUT2D eigenvalue weighted by molar-refractivity contribution is 0.0827. The second-order valence-electron chi connectivity index (χ2n) is 5.98. The minimum atomic E-state index is 0.0506. The topological polar surface area (TPSA) is 35.6 Å². The van der Waals surface area contributed by atoms with E-state index in [0.29, 0.717) is 6.04 Å². The van der Waals surface area contributed by atoms with Crippen LogP contribution in [0.4, 0.5) is 5.69 Å². The smallest absolute Gasteiger partial charge is 0.253 e. The molecule has 0 saturated carbocycles. The summed E-state index contributed by atoms with van der Waals surface area (Å²) in [4.78, 5) is 16.0. The number of nitrogens with zero attached hydrogens (tertiary/aromatic N) is 2. The van der Waals surface area contributed by atoms with Crippen molar-refractivity contribution in [3.05, 3.63) is 29.8 Å². The lowest BCUT2D eigenvalue weighted by Crippen LogP contribution is -2.26. The zero-order valence-corrected chi connectivity index (χ0v) is 13.4. The van der Waals surface area contributed by atoms with Gasteiger partial charge in [0.25, 0.3) is 5.91 Å². The highest BCUT2D eigenvalue weighted by atomic mass is 16.2. The molecule has 116 valence electrons. The van der Waals surface area contributed by atoms with Crippen molar-refractivity contribution in [3.63, 3.8) is 0 Å². The van der Waals surface area contributed by atoms with E-state index in [4.69, 9.17) is 0 Å². The van der Waals surface area contributed by atoms with E-state index in [9.17, 15) is 4.79 Å². The van der Waals surface area contributed by atoms with E-state index < -0.39 is 0 Å². The molecule has 1 saturated heterocycles. The number of carbonyl (C=O) groups excluding carboxylic acids is 1. The van der Waals surface area contributed by atoms with Crippen LogP contribution in [0.15, 0.2) is 24.3 Å². The Hall–Kier alpha value is -1.55. The van der Waals surface area contributed by atoms with Crippen LogP contribution in [0.2, 0.25) is 0 Å². The fourth-order valence-corrected chi connectivity index (χ4v) is 2.82. The quantitative estimate of drug-likeness (QED) is 0.925. The highest BCUT2D eigenvalue weighted by Crippen LogP contribution is 2.17. The van der Waals surface area contributed by atoms with E-state index in [1.807, 2.05) is 24.3 Å². The first kappa shape index (κ1) is 15.8. The van der Waals surface area contributed by atoms with Crippen LogP contribution in [-0.4, -0.2) is 55.5 Å². The standard InChI is InChI=1S/C17H27N3O/c1-4-20-12-5-6-15(11-13-20)18-16-9-7-14(8-10-16)17(21)19(2)3/h7-10,15,18H,4-6,11-13H2,1-3H3. The van der Waals surface area contributed by atoms with Crippen LogP contribution < -0.4 is 5.32 Å². The summed E-state index contributed by atoms with van der Waals surface area (Å²) in [6.07, 6.45) is 3.66. The number of rotatable bonds is 4. The maximum absolute atomic E-state index is 11.9. The van der Waals surface area contributed by atoms with Gasteiger partial charge in [-0.3, -0.25) is 4.79 Å². The van der Waals surface area contributed by atoms with Gasteiger partial charge in [0.05, 0.1) is 0 Å². The molecule has 1 unspecified atom stereocenters. The number of hydrogen-bond acceptors (Lipinski definition) is 3. The minimum absolute atomic E-state index is 0.0506. The van der Waals surface area contributed by atoms with E-state index in [2.05, 4.69) is 17.1 Å². The first-order valence-corrected chi connectivity index (χ1v) is 7.90. The number of hydrogen-bond donors (Lipinski definition) is 1. The third kappa shape index (κ3) is 4.46. The average Bonchev–Trinajstić information content (AvgIpc) is 2.72. The number of anilines is 1. The number of amides is 1. The predicted molar refractivity (Wildman–Crippen MR) is 87.8 cm³/mol. The zero-order chi connectivity index (χ0) is 15.2. The first-order chi connectivity index (χ1) is 10.1.